The van der Waals surface area contributed by atoms with Crippen molar-refractivity contribution in [1.29, 1.82) is 0 Å². The Balaban J connectivity index is 2.08. The molecular weight excluding hydrogens is 284 g/mol. The Kier molecular flexibility index (Phi) is 4.88. The van der Waals surface area contributed by atoms with E-state index in [0.717, 1.165) is 12.1 Å². The fourth-order valence-corrected chi connectivity index (χ4v) is 1.56. The zero-order valence-electron chi connectivity index (χ0n) is 11.2. The van der Waals surface area contributed by atoms with Gasteiger partial charge in [0.15, 0.2) is 17.5 Å². The van der Waals surface area contributed by atoms with Crippen molar-refractivity contribution < 1.29 is 18.3 Å². The van der Waals surface area contributed by atoms with E-state index in [-0.39, 0.29) is 30.6 Å². The van der Waals surface area contributed by atoms with Crippen molar-refractivity contribution in [2.75, 3.05) is 13.2 Å². The van der Waals surface area contributed by atoms with E-state index in [1.165, 1.54) is 10.7 Å². The van der Waals surface area contributed by atoms with Crippen LogP contribution in [0.5, 0.6) is 0 Å². The summed E-state index contributed by atoms with van der Waals surface area (Å²) in [5.74, 6) is -2.00. The molecule has 0 aliphatic rings. The van der Waals surface area contributed by atoms with Gasteiger partial charge >= 0.3 is 0 Å². The van der Waals surface area contributed by atoms with Crippen LogP contribution in [0, 0.1) is 11.6 Å². The summed E-state index contributed by atoms with van der Waals surface area (Å²) in [4.78, 5) is 11.4. The van der Waals surface area contributed by atoms with Crippen LogP contribution < -0.4 is 5.32 Å². The number of tetrazole rings is 1. The molecule has 0 aliphatic carbocycles. The molecule has 2 rings (SSSR count). The van der Waals surface area contributed by atoms with Gasteiger partial charge in [-0.05, 0) is 29.5 Å². The third-order valence-electron chi connectivity index (χ3n) is 2.56. The molecule has 0 aliphatic heterocycles. The Labute approximate surface area is 118 Å². The van der Waals surface area contributed by atoms with E-state index in [0.29, 0.717) is 6.61 Å². The molecule has 1 N–H and O–H groups in total. The van der Waals surface area contributed by atoms with Crippen molar-refractivity contribution in [1.82, 2.24) is 25.5 Å². The summed E-state index contributed by atoms with van der Waals surface area (Å²) in [6.45, 7) is 2.18. The minimum Gasteiger partial charge on any atom is -0.372 e. The number of hydrogen-bond donors (Lipinski definition) is 1. The lowest BCUT2D eigenvalue weighted by Crippen LogP contribution is -2.28. The molecular formula is C12H13F2N5O2. The van der Waals surface area contributed by atoms with Gasteiger partial charge in [0, 0.05) is 12.7 Å². The van der Waals surface area contributed by atoms with Crippen molar-refractivity contribution >= 4 is 5.91 Å². The second kappa shape index (κ2) is 6.84. The molecule has 0 fully saturated rings. The van der Waals surface area contributed by atoms with Crippen LogP contribution in [0.1, 0.15) is 12.7 Å². The minimum atomic E-state index is -1.01. The highest BCUT2D eigenvalue weighted by Crippen LogP contribution is 2.12. The zero-order valence-corrected chi connectivity index (χ0v) is 11.2. The molecule has 0 saturated carbocycles. The number of rotatable bonds is 6. The number of carbonyl (C=O) groups is 1. The average molecular weight is 297 g/mol. The maximum Gasteiger partial charge on any atom is 0.246 e. The monoisotopic (exact) mass is 297 g/mol. The summed E-state index contributed by atoms with van der Waals surface area (Å²) in [6, 6.07) is 3.28. The first-order valence-corrected chi connectivity index (χ1v) is 6.19. The highest BCUT2D eigenvalue weighted by molar-refractivity contribution is 5.77. The Morgan fingerprint density at radius 3 is 2.90 bits per heavy atom. The molecule has 1 heterocycles. The van der Waals surface area contributed by atoms with E-state index >= 15 is 0 Å². The topological polar surface area (TPSA) is 81.9 Å². The normalized spacial score (nSPS) is 10.6. The summed E-state index contributed by atoms with van der Waals surface area (Å²) in [7, 11) is 0. The van der Waals surface area contributed by atoms with E-state index in [2.05, 4.69) is 20.8 Å². The fourth-order valence-electron chi connectivity index (χ4n) is 1.56. The van der Waals surface area contributed by atoms with Gasteiger partial charge in [0.05, 0.1) is 12.2 Å². The van der Waals surface area contributed by atoms with Gasteiger partial charge in [-0.3, -0.25) is 4.79 Å². The summed E-state index contributed by atoms with van der Waals surface area (Å²) in [5.41, 5.74) is 0.257. The molecule has 112 valence electrons. The van der Waals surface area contributed by atoms with Crippen LogP contribution in [0.2, 0.25) is 0 Å². The van der Waals surface area contributed by atoms with Gasteiger partial charge in [-0.15, -0.1) is 5.10 Å². The summed E-state index contributed by atoms with van der Waals surface area (Å²) >= 11 is 0. The van der Waals surface area contributed by atoms with Crippen molar-refractivity contribution in [2.24, 2.45) is 0 Å². The molecule has 9 heteroatoms. The van der Waals surface area contributed by atoms with Crippen LogP contribution in [0.15, 0.2) is 18.2 Å². The SMILES string of the molecule is CCOCC(=O)NCc1nnnn1-c1ccc(F)c(F)c1. The van der Waals surface area contributed by atoms with E-state index in [9.17, 15) is 13.6 Å². The van der Waals surface area contributed by atoms with Crippen molar-refractivity contribution in [3.63, 3.8) is 0 Å². The Morgan fingerprint density at radius 2 is 2.19 bits per heavy atom. The third-order valence-corrected chi connectivity index (χ3v) is 2.56. The van der Waals surface area contributed by atoms with Gasteiger partial charge in [0.2, 0.25) is 5.91 Å². The van der Waals surface area contributed by atoms with Crippen molar-refractivity contribution in [2.45, 2.75) is 13.5 Å². The maximum atomic E-state index is 13.2. The summed E-state index contributed by atoms with van der Waals surface area (Å²) in [6.07, 6.45) is 0. The number of aromatic nitrogens is 4. The van der Waals surface area contributed by atoms with Gasteiger partial charge in [-0.2, -0.15) is 4.68 Å². The van der Waals surface area contributed by atoms with Crippen LogP contribution in [0.3, 0.4) is 0 Å². The fraction of sp³-hybridized carbons (Fsp3) is 0.333. The molecule has 1 aromatic heterocycles. The van der Waals surface area contributed by atoms with Gasteiger partial charge in [0.25, 0.3) is 0 Å². The summed E-state index contributed by atoms with van der Waals surface area (Å²) < 4.78 is 32.3. The predicted octanol–water partition coefficient (Wildman–Crippen LogP) is 0.593. The van der Waals surface area contributed by atoms with Gasteiger partial charge in [-0.1, -0.05) is 0 Å². The van der Waals surface area contributed by atoms with Gasteiger partial charge in [-0.25, -0.2) is 8.78 Å². The Morgan fingerprint density at radius 1 is 1.38 bits per heavy atom. The number of hydrogen-bond acceptors (Lipinski definition) is 5. The third kappa shape index (κ3) is 3.78. The van der Waals surface area contributed by atoms with Gasteiger partial charge in [0.1, 0.15) is 6.61 Å². The second-order valence-corrected chi connectivity index (χ2v) is 4.02. The Bertz CT molecular complexity index is 632. The molecule has 0 saturated heterocycles. The molecule has 0 bridgehead atoms. The lowest BCUT2D eigenvalue weighted by atomic mass is 10.3. The standard InChI is InChI=1S/C12H13F2N5O2/c1-2-21-7-12(20)15-6-11-16-17-18-19(11)8-3-4-9(13)10(14)5-8/h3-5H,2,6-7H2,1H3,(H,15,20). The van der Waals surface area contributed by atoms with Gasteiger partial charge < -0.3 is 10.1 Å². The largest absolute Gasteiger partial charge is 0.372 e. The molecule has 0 atom stereocenters. The number of nitrogens with one attached hydrogen (secondary N) is 1. The van der Waals surface area contributed by atoms with Crippen LogP contribution in [-0.2, 0) is 16.1 Å². The number of nitrogens with zero attached hydrogens (tertiary/aromatic N) is 4. The molecule has 0 spiro atoms. The van der Waals surface area contributed by atoms with E-state index in [1.54, 1.807) is 6.92 Å². The van der Waals surface area contributed by atoms with E-state index < -0.39 is 11.6 Å². The molecule has 1 amide bonds. The first-order valence-electron chi connectivity index (χ1n) is 6.19. The molecule has 0 unspecified atom stereocenters. The lowest BCUT2D eigenvalue weighted by Gasteiger charge is -2.06. The minimum absolute atomic E-state index is 0.0396. The Hall–Kier alpha value is -2.42. The molecule has 7 nitrogen and oxygen atoms in total. The smallest absolute Gasteiger partial charge is 0.246 e. The summed E-state index contributed by atoms with van der Waals surface area (Å²) in [5, 5.41) is 13.4. The number of benzene rings is 1. The van der Waals surface area contributed by atoms with Crippen LogP contribution in [0.4, 0.5) is 8.78 Å². The highest BCUT2D eigenvalue weighted by Gasteiger charge is 2.12. The number of amides is 1. The molecule has 0 radical (unpaired) electrons. The van der Waals surface area contributed by atoms with Crippen LogP contribution in [0.25, 0.3) is 5.69 Å². The van der Waals surface area contributed by atoms with Crippen LogP contribution >= 0.6 is 0 Å². The highest BCUT2D eigenvalue weighted by atomic mass is 19.2. The van der Waals surface area contributed by atoms with Crippen molar-refractivity contribution in [3.05, 3.63) is 35.7 Å². The quantitative estimate of drug-likeness (QED) is 0.844. The average Bonchev–Trinajstić information content (AvgIpc) is 2.94. The maximum absolute atomic E-state index is 13.2. The molecule has 2 aromatic rings. The first-order chi connectivity index (χ1) is 10.1. The van der Waals surface area contributed by atoms with Crippen molar-refractivity contribution in [3.8, 4) is 5.69 Å². The zero-order chi connectivity index (χ0) is 15.2. The predicted molar refractivity (Wildman–Crippen MR) is 67.4 cm³/mol. The number of carbonyl (C=O) groups excluding carboxylic acids is 1. The lowest BCUT2D eigenvalue weighted by molar-refractivity contribution is -0.125. The van der Waals surface area contributed by atoms with E-state index in [1.807, 2.05) is 0 Å². The molecule has 1 aromatic carbocycles. The number of ether oxygens (including phenoxy) is 1. The van der Waals surface area contributed by atoms with Crippen LogP contribution in [-0.4, -0.2) is 39.3 Å². The second-order valence-electron chi connectivity index (χ2n) is 4.02. The van der Waals surface area contributed by atoms with E-state index in [4.69, 9.17) is 4.74 Å². The molecule has 21 heavy (non-hydrogen) atoms. The number of halogens is 2. The first kappa shape index (κ1) is 15.0.